The average molecular weight is 274 g/mol. The van der Waals surface area contributed by atoms with Gasteiger partial charge in [-0.25, -0.2) is 9.59 Å². The van der Waals surface area contributed by atoms with E-state index in [1.807, 2.05) is 48.5 Å². The van der Waals surface area contributed by atoms with Crippen LogP contribution in [-0.2, 0) is 9.47 Å². The molecule has 0 fully saturated rings. The minimum Gasteiger partial charge on any atom is -0.449 e. The van der Waals surface area contributed by atoms with Crippen LogP contribution < -0.4 is 0 Å². The Labute approximate surface area is 115 Å². The molecule has 1 N–H and O–H groups in total. The summed E-state index contributed by atoms with van der Waals surface area (Å²) in [6.07, 6.45) is -1.37. The quantitative estimate of drug-likeness (QED) is 0.608. The summed E-state index contributed by atoms with van der Waals surface area (Å²) in [4.78, 5) is 22.0. The van der Waals surface area contributed by atoms with Crippen LogP contribution in [0.15, 0.2) is 0 Å². The van der Waals surface area contributed by atoms with Gasteiger partial charge >= 0.3 is 12.3 Å². The number of hydrogen-bond acceptors (Lipinski definition) is 4. The summed E-state index contributed by atoms with van der Waals surface area (Å²) >= 11 is 0. The molecule has 0 aromatic rings. The van der Waals surface area contributed by atoms with Crippen LogP contribution >= 0.6 is 0 Å². The first kappa shape index (κ1) is 17.7. The molecule has 19 heavy (non-hydrogen) atoms. The first-order valence-corrected chi connectivity index (χ1v) is 6.51. The maximum absolute atomic E-state index is 11.6. The number of ether oxygens (including phenoxy) is 2. The van der Waals surface area contributed by atoms with E-state index in [0.717, 1.165) is 6.42 Å². The molecule has 5 nitrogen and oxygen atoms in total. The Morgan fingerprint density at radius 1 is 1.00 bits per heavy atom. The van der Waals surface area contributed by atoms with Crippen molar-refractivity contribution >= 4 is 12.3 Å². The van der Waals surface area contributed by atoms with Gasteiger partial charge in [0.05, 0.1) is 0 Å². The van der Waals surface area contributed by atoms with Crippen molar-refractivity contribution in [1.29, 1.82) is 0 Å². The fourth-order valence-electron chi connectivity index (χ4n) is 2.82. The zero-order valence-corrected chi connectivity index (χ0v) is 13.0. The second kappa shape index (κ2) is 5.80. The van der Waals surface area contributed by atoms with Crippen molar-refractivity contribution in [3.05, 3.63) is 0 Å². The lowest BCUT2D eigenvalue weighted by molar-refractivity contribution is -0.158. The minimum atomic E-state index is -1.65. The van der Waals surface area contributed by atoms with Gasteiger partial charge in [0.25, 0.3) is 0 Å². The Kier molecular flexibility index (Phi) is 5.42. The van der Waals surface area contributed by atoms with Crippen molar-refractivity contribution in [3.8, 4) is 0 Å². The molecule has 0 aromatic carbocycles. The van der Waals surface area contributed by atoms with E-state index in [1.165, 1.54) is 0 Å². The van der Waals surface area contributed by atoms with Crippen LogP contribution in [0, 0.1) is 10.8 Å². The van der Waals surface area contributed by atoms with E-state index in [1.54, 1.807) is 0 Å². The molecule has 0 saturated carbocycles. The van der Waals surface area contributed by atoms with Crippen LogP contribution in [0.4, 0.5) is 9.59 Å². The highest BCUT2D eigenvalue weighted by molar-refractivity contribution is 5.76. The standard InChI is InChI=1S/C14H26O5/c1-8-9-14(12(2,3)4,13(5,6)7)19-11(17)18-10(15)16/h8-9H2,1-7H3,(H,15,16). The van der Waals surface area contributed by atoms with Gasteiger partial charge in [-0.15, -0.1) is 0 Å². The molecular formula is C14H26O5. The Morgan fingerprint density at radius 2 is 1.42 bits per heavy atom. The van der Waals surface area contributed by atoms with Gasteiger partial charge < -0.3 is 14.6 Å². The zero-order valence-electron chi connectivity index (χ0n) is 13.0. The third kappa shape index (κ3) is 4.11. The van der Waals surface area contributed by atoms with Crippen molar-refractivity contribution in [2.24, 2.45) is 10.8 Å². The molecule has 0 bridgehead atoms. The van der Waals surface area contributed by atoms with Gasteiger partial charge in [0.15, 0.2) is 0 Å². The van der Waals surface area contributed by atoms with E-state index >= 15 is 0 Å². The predicted octanol–water partition coefficient (Wildman–Crippen LogP) is 4.45. The maximum Gasteiger partial charge on any atom is 0.519 e. The van der Waals surface area contributed by atoms with Crippen molar-refractivity contribution in [2.75, 3.05) is 0 Å². The summed E-state index contributed by atoms with van der Waals surface area (Å²) in [6.45, 7) is 13.8. The van der Waals surface area contributed by atoms with E-state index in [4.69, 9.17) is 9.84 Å². The molecule has 0 aliphatic carbocycles. The summed E-state index contributed by atoms with van der Waals surface area (Å²) in [5.74, 6) is 0. The molecule has 0 amide bonds. The molecule has 0 aliphatic heterocycles. The van der Waals surface area contributed by atoms with Crippen molar-refractivity contribution < 1.29 is 24.2 Å². The van der Waals surface area contributed by atoms with Crippen LogP contribution in [0.5, 0.6) is 0 Å². The first-order chi connectivity index (χ1) is 8.37. The number of carbonyl (C=O) groups is 2. The highest BCUT2D eigenvalue weighted by Crippen LogP contribution is 2.50. The van der Waals surface area contributed by atoms with Crippen LogP contribution in [0.25, 0.3) is 0 Å². The molecule has 0 heterocycles. The van der Waals surface area contributed by atoms with Crippen molar-refractivity contribution in [2.45, 2.75) is 66.9 Å². The Morgan fingerprint density at radius 3 is 1.68 bits per heavy atom. The minimum absolute atomic E-state index is 0.348. The molecule has 0 atom stereocenters. The topological polar surface area (TPSA) is 72.8 Å². The SMILES string of the molecule is CCCC(OC(=O)OC(=O)O)(C(C)(C)C)C(C)(C)C. The number of carbonyl (C=O) groups excluding carboxylic acids is 1. The van der Waals surface area contributed by atoms with E-state index < -0.39 is 17.9 Å². The number of carboxylic acid groups (broad SMARTS) is 1. The Balaban J connectivity index is 5.49. The fraction of sp³-hybridized carbons (Fsp3) is 0.857. The molecular weight excluding hydrogens is 248 g/mol. The lowest BCUT2D eigenvalue weighted by Crippen LogP contribution is -2.56. The largest absolute Gasteiger partial charge is 0.519 e. The third-order valence-corrected chi connectivity index (χ3v) is 3.45. The van der Waals surface area contributed by atoms with Gasteiger partial charge in [0, 0.05) is 10.8 Å². The summed E-state index contributed by atoms with van der Waals surface area (Å²) in [5.41, 5.74) is -1.50. The van der Waals surface area contributed by atoms with E-state index in [2.05, 4.69) is 4.74 Å². The summed E-state index contributed by atoms with van der Waals surface area (Å²) in [5, 5.41) is 8.49. The van der Waals surface area contributed by atoms with Crippen molar-refractivity contribution in [3.63, 3.8) is 0 Å². The summed E-state index contributed by atoms with van der Waals surface area (Å²) < 4.78 is 9.57. The zero-order chi connectivity index (χ0) is 15.5. The second-order valence-electron chi connectivity index (χ2n) is 6.80. The molecule has 0 unspecified atom stereocenters. The van der Waals surface area contributed by atoms with E-state index in [0.29, 0.717) is 6.42 Å². The summed E-state index contributed by atoms with van der Waals surface area (Å²) in [6, 6.07) is 0. The van der Waals surface area contributed by atoms with Crippen LogP contribution in [-0.4, -0.2) is 23.0 Å². The Bertz CT molecular complexity index is 319. The lowest BCUT2D eigenvalue weighted by atomic mass is 9.60. The molecule has 0 saturated heterocycles. The normalized spacial score (nSPS) is 13.0. The van der Waals surface area contributed by atoms with Gasteiger partial charge in [-0.3, -0.25) is 0 Å². The van der Waals surface area contributed by atoms with Crippen LogP contribution in [0.3, 0.4) is 0 Å². The molecule has 5 heteroatoms. The monoisotopic (exact) mass is 274 g/mol. The fourth-order valence-corrected chi connectivity index (χ4v) is 2.82. The maximum atomic E-state index is 11.6. The lowest BCUT2D eigenvalue weighted by Gasteiger charge is -2.51. The van der Waals surface area contributed by atoms with Gasteiger partial charge in [0.1, 0.15) is 5.60 Å². The Hall–Kier alpha value is -1.26. The van der Waals surface area contributed by atoms with Gasteiger partial charge in [0.2, 0.25) is 0 Å². The first-order valence-electron chi connectivity index (χ1n) is 6.51. The second-order valence-corrected chi connectivity index (χ2v) is 6.80. The molecule has 0 rings (SSSR count). The van der Waals surface area contributed by atoms with Gasteiger partial charge in [-0.2, -0.15) is 0 Å². The highest BCUT2D eigenvalue weighted by Gasteiger charge is 2.53. The van der Waals surface area contributed by atoms with Gasteiger partial charge in [-0.1, -0.05) is 54.9 Å². The molecule has 0 aliphatic rings. The smallest absolute Gasteiger partial charge is 0.449 e. The molecule has 0 spiro atoms. The molecule has 0 aromatic heterocycles. The van der Waals surface area contributed by atoms with E-state index in [-0.39, 0.29) is 10.8 Å². The number of hydrogen-bond donors (Lipinski definition) is 1. The average Bonchev–Trinajstić information content (AvgIpc) is 2.11. The van der Waals surface area contributed by atoms with E-state index in [9.17, 15) is 9.59 Å². The van der Waals surface area contributed by atoms with Crippen LogP contribution in [0.2, 0.25) is 0 Å². The summed E-state index contributed by atoms with van der Waals surface area (Å²) in [7, 11) is 0. The van der Waals surface area contributed by atoms with Crippen molar-refractivity contribution in [1.82, 2.24) is 0 Å². The highest BCUT2D eigenvalue weighted by atomic mass is 16.8. The van der Waals surface area contributed by atoms with Gasteiger partial charge in [-0.05, 0) is 6.42 Å². The van der Waals surface area contributed by atoms with Crippen LogP contribution in [0.1, 0.15) is 61.3 Å². The predicted molar refractivity (Wildman–Crippen MR) is 72.1 cm³/mol. The molecule has 0 radical (unpaired) electrons. The third-order valence-electron chi connectivity index (χ3n) is 3.45. The number of rotatable bonds is 3. The molecule has 112 valence electrons.